The number of carbonyl (C=O) groups excluding carboxylic acids is 1. The Kier molecular flexibility index (Phi) is 5.04. The first-order valence-electron chi connectivity index (χ1n) is 7.69. The van der Waals surface area contributed by atoms with E-state index in [1.165, 1.54) is 40.9 Å². The van der Waals surface area contributed by atoms with Crippen LogP contribution in [-0.2, 0) is 4.79 Å². The zero-order chi connectivity index (χ0) is 19.6. The fraction of sp³-hybridized carbons (Fsp3) is 0.0556. The van der Waals surface area contributed by atoms with Crippen molar-refractivity contribution in [1.82, 2.24) is 4.90 Å². The van der Waals surface area contributed by atoms with Crippen LogP contribution >= 0.6 is 11.8 Å². The maximum atomic E-state index is 12.4. The van der Waals surface area contributed by atoms with Crippen molar-refractivity contribution in [2.24, 2.45) is 4.99 Å². The fourth-order valence-electron chi connectivity index (χ4n) is 2.28. The van der Waals surface area contributed by atoms with Crippen LogP contribution in [0.4, 0.5) is 11.4 Å². The lowest BCUT2D eigenvalue weighted by Crippen LogP contribution is -2.23. The monoisotopic (exact) mass is 383 g/mol. The van der Waals surface area contributed by atoms with Gasteiger partial charge in [-0.05, 0) is 59.8 Å². The highest BCUT2D eigenvalue weighted by atomic mass is 32.2. The van der Waals surface area contributed by atoms with E-state index in [2.05, 4.69) is 4.99 Å². The molecular weight excluding hydrogens is 370 g/mol. The summed E-state index contributed by atoms with van der Waals surface area (Å²) in [5.74, 6) is -1.26. The van der Waals surface area contributed by atoms with Crippen LogP contribution in [-0.4, -0.2) is 39.0 Å². The highest BCUT2D eigenvalue weighted by Crippen LogP contribution is 2.33. The Bertz CT molecular complexity index is 981. The Balaban J connectivity index is 1.83. The SMILES string of the molecule is CN1C(=O)/C(=C\c2ccc([N+](=O)[O-])cc2)SC1=Nc1ccc(C(=O)O)cc1. The lowest BCUT2D eigenvalue weighted by atomic mass is 10.2. The number of carbonyl (C=O) groups is 2. The summed E-state index contributed by atoms with van der Waals surface area (Å²) in [5.41, 5.74) is 1.32. The van der Waals surface area contributed by atoms with E-state index in [0.29, 0.717) is 21.3 Å². The number of hydrogen-bond donors (Lipinski definition) is 1. The van der Waals surface area contributed by atoms with E-state index < -0.39 is 10.9 Å². The second-order valence-corrected chi connectivity index (χ2v) is 6.58. The van der Waals surface area contributed by atoms with Crippen molar-refractivity contribution < 1.29 is 19.6 Å². The molecule has 0 radical (unpaired) electrons. The van der Waals surface area contributed by atoms with Gasteiger partial charge in [-0.3, -0.25) is 19.8 Å². The molecule has 8 nitrogen and oxygen atoms in total. The average Bonchev–Trinajstić information content (AvgIpc) is 2.90. The highest BCUT2D eigenvalue weighted by molar-refractivity contribution is 8.18. The van der Waals surface area contributed by atoms with Crippen LogP contribution in [0.3, 0.4) is 0 Å². The minimum absolute atomic E-state index is 0.0215. The lowest BCUT2D eigenvalue weighted by Gasteiger charge is -2.07. The first kappa shape index (κ1) is 18.3. The predicted molar refractivity (Wildman–Crippen MR) is 102 cm³/mol. The number of carboxylic acids is 1. The number of amidine groups is 1. The van der Waals surface area contributed by atoms with Gasteiger partial charge < -0.3 is 5.11 Å². The molecule has 136 valence electrons. The van der Waals surface area contributed by atoms with E-state index in [1.54, 1.807) is 37.4 Å². The van der Waals surface area contributed by atoms with Gasteiger partial charge in [0.1, 0.15) is 0 Å². The number of rotatable bonds is 4. The number of amides is 1. The van der Waals surface area contributed by atoms with Gasteiger partial charge in [0.2, 0.25) is 0 Å². The number of benzene rings is 2. The number of likely N-dealkylation sites (N-methyl/N-ethyl adjacent to an activating group) is 1. The van der Waals surface area contributed by atoms with Crippen molar-refractivity contribution >= 4 is 46.3 Å². The normalized spacial score (nSPS) is 16.9. The fourth-order valence-corrected chi connectivity index (χ4v) is 3.27. The topological polar surface area (TPSA) is 113 Å². The van der Waals surface area contributed by atoms with E-state index in [-0.39, 0.29) is 17.2 Å². The summed E-state index contributed by atoms with van der Waals surface area (Å²) in [7, 11) is 1.59. The summed E-state index contributed by atoms with van der Waals surface area (Å²) in [6.07, 6.45) is 1.64. The number of hydrogen-bond acceptors (Lipinski definition) is 6. The van der Waals surface area contributed by atoms with Crippen molar-refractivity contribution in [1.29, 1.82) is 0 Å². The molecule has 0 spiro atoms. The van der Waals surface area contributed by atoms with Gasteiger partial charge >= 0.3 is 5.97 Å². The molecule has 1 N–H and O–H groups in total. The standard InChI is InChI=1S/C18H13N3O5S/c1-20-16(22)15(10-11-2-8-14(9-3-11)21(25)26)27-18(20)19-13-6-4-12(5-7-13)17(23)24/h2-10H,1H3,(H,23,24)/b15-10+,19-18?. The van der Waals surface area contributed by atoms with Crippen LogP contribution < -0.4 is 0 Å². The van der Waals surface area contributed by atoms with Crippen LogP contribution in [0.1, 0.15) is 15.9 Å². The summed E-state index contributed by atoms with van der Waals surface area (Å²) in [6, 6.07) is 11.9. The number of thioether (sulfide) groups is 1. The van der Waals surface area contributed by atoms with Crippen molar-refractivity contribution in [2.45, 2.75) is 0 Å². The molecule has 0 bridgehead atoms. The molecule has 0 saturated carbocycles. The van der Waals surface area contributed by atoms with Crippen molar-refractivity contribution in [3.8, 4) is 0 Å². The number of aromatic carboxylic acids is 1. The summed E-state index contributed by atoms with van der Waals surface area (Å²) < 4.78 is 0. The molecule has 2 aromatic carbocycles. The molecule has 1 heterocycles. The molecule has 1 amide bonds. The van der Waals surface area contributed by atoms with Crippen LogP contribution in [0.5, 0.6) is 0 Å². The highest BCUT2D eigenvalue weighted by Gasteiger charge is 2.30. The molecule has 1 saturated heterocycles. The van der Waals surface area contributed by atoms with E-state index >= 15 is 0 Å². The third kappa shape index (κ3) is 4.04. The first-order valence-corrected chi connectivity index (χ1v) is 8.51. The molecule has 27 heavy (non-hydrogen) atoms. The molecule has 0 unspecified atom stereocenters. The number of aliphatic imine (C=N–C) groups is 1. The molecule has 1 aliphatic heterocycles. The zero-order valence-electron chi connectivity index (χ0n) is 14.0. The second-order valence-electron chi connectivity index (χ2n) is 5.57. The van der Waals surface area contributed by atoms with Crippen molar-refractivity contribution in [3.05, 3.63) is 74.7 Å². The van der Waals surface area contributed by atoms with Gasteiger partial charge in [-0.25, -0.2) is 9.79 Å². The van der Waals surface area contributed by atoms with Crippen molar-refractivity contribution in [2.75, 3.05) is 7.05 Å². The molecule has 1 aliphatic rings. The van der Waals surface area contributed by atoms with Crippen LogP contribution in [0.15, 0.2) is 58.4 Å². The Morgan fingerprint density at radius 3 is 2.37 bits per heavy atom. The van der Waals surface area contributed by atoms with E-state index in [9.17, 15) is 19.7 Å². The van der Waals surface area contributed by atoms with Crippen LogP contribution in [0, 0.1) is 10.1 Å². The number of nitro groups is 1. The number of carboxylic acid groups (broad SMARTS) is 1. The molecule has 0 aromatic heterocycles. The molecule has 1 fully saturated rings. The summed E-state index contributed by atoms with van der Waals surface area (Å²) >= 11 is 1.17. The largest absolute Gasteiger partial charge is 0.478 e. The Labute approximate surface area is 158 Å². The van der Waals surface area contributed by atoms with Gasteiger partial charge in [0, 0.05) is 19.2 Å². The first-order chi connectivity index (χ1) is 12.8. The number of non-ortho nitro benzene ring substituents is 1. The maximum absolute atomic E-state index is 12.4. The van der Waals surface area contributed by atoms with Gasteiger partial charge in [0.15, 0.2) is 5.17 Å². The predicted octanol–water partition coefficient (Wildman–Crippen LogP) is 3.53. The molecular formula is C18H13N3O5S. The second kappa shape index (κ2) is 7.42. The molecule has 3 rings (SSSR count). The third-order valence-corrected chi connectivity index (χ3v) is 4.80. The Morgan fingerprint density at radius 2 is 1.81 bits per heavy atom. The molecule has 9 heteroatoms. The third-order valence-electron chi connectivity index (χ3n) is 3.74. The van der Waals surface area contributed by atoms with Gasteiger partial charge in [-0.2, -0.15) is 0 Å². The average molecular weight is 383 g/mol. The molecule has 0 aliphatic carbocycles. The zero-order valence-corrected chi connectivity index (χ0v) is 14.8. The summed E-state index contributed by atoms with van der Waals surface area (Å²) in [4.78, 5) is 39.7. The smallest absolute Gasteiger partial charge is 0.335 e. The summed E-state index contributed by atoms with van der Waals surface area (Å²) in [6.45, 7) is 0. The van der Waals surface area contributed by atoms with Crippen LogP contribution in [0.2, 0.25) is 0 Å². The van der Waals surface area contributed by atoms with E-state index in [1.807, 2.05) is 0 Å². The van der Waals surface area contributed by atoms with Gasteiger partial charge in [-0.15, -0.1) is 0 Å². The summed E-state index contributed by atoms with van der Waals surface area (Å²) in [5, 5.41) is 20.1. The molecule has 0 atom stereocenters. The minimum atomic E-state index is -1.02. The quantitative estimate of drug-likeness (QED) is 0.491. The number of nitro benzene ring substituents is 1. The number of nitrogens with zero attached hydrogens (tertiary/aromatic N) is 3. The van der Waals surface area contributed by atoms with Crippen LogP contribution in [0.25, 0.3) is 6.08 Å². The Morgan fingerprint density at radius 1 is 1.19 bits per heavy atom. The Hall–Kier alpha value is -3.46. The minimum Gasteiger partial charge on any atom is -0.478 e. The maximum Gasteiger partial charge on any atom is 0.335 e. The molecule has 2 aromatic rings. The van der Waals surface area contributed by atoms with Gasteiger partial charge in [-0.1, -0.05) is 0 Å². The van der Waals surface area contributed by atoms with Gasteiger partial charge in [0.05, 0.1) is 21.1 Å². The van der Waals surface area contributed by atoms with E-state index in [4.69, 9.17) is 5.11 Å². The van der Waals surface area contributed by atoms with E-state index in [0.717, 1.165) is 0 Å². The lowest BCUT2D eigenvalue weighted by molar-refractivity contribution is -0.384. The van der Waals surface area contributed by atoms with Gasteiger partial charge in [0.25, 0.3) is 11.6 Å². The van der Waals surface area contributed by atoms with Crippen molar-refractivity contribution in [3.63, 3.8) is 0 Å².